The molecule has 2 nitrogen and oxygen atoms in total. The third-order valence-corrected chi connectivity index (χ3v) is 2.45. The quantitative estimate of drug-likeness (QED) is 0.771. The van der Waals surface area contributed by atoms with Crippen LogP contribution in [0.5, 0.6) is 0 Å². The molecule has 1 aromatic carbocycles. The van der Waals surface area contributed by atoms with Gasteiger partial charge in [-0.2, -0.15) is 0 Å². The molecule has 84 valence electrons. The van der Waals surface area contributed by atoms with Crippen LogP contribution < -0.4 is 5.32 Å². The van der Waals surface area contributed by atoms with Gasteiger partial charge in [0.05, 0.1) is 6.61 Å². The fraction of sp³-hybridized carbons (Fsp3) is 0.538. The Morgan fingerprint density at radius 2 is 1.87 bits per heavy atom. The van der Waals surface area contributed by atoms with Crippen LogP contribution in [0.25, 0.3) is 0 Å². The monoisotopic (exact) mass is 207 g/mol. The standard InChI is InChI=1S/C13H21NO/c1-4-11(3)14-13-8-6-12(7-9-13)10-15-5-2/h6-9,11,14H,4-5,10H2,1-3H3. The molecule has 1 rings (SSSR count). The minimum atomic E-state index is 0.530. The second-order valence-corrected chi connectivity index (χ2v) is 3.79. The van der Waals surface area contributed by atoms with E-state index in [-0.39, 0.29) is 0 Å². The first-order valence-electron chi connectivity index (χ1n) is 5.69. The Morgan fingerprint density at radius 1 is 1.20 bits per heavy atom. The number of benzene rings is 1. The van der Waals surface area contributed by atoms with E-state index in [0.717, 1.165) is 13.0 Å². The van der Waals surface area contributed by atoms with Crippen LogP contribution in [0.4, 0.5) is 5.69 Å². The SMILES string of the molecule is CCOCc1ccc(NC(C)CC)cc1. The van der Waals surface area contributed by atoms with Crippen LogP contribution in [0.2, 0.25) is 0 Å². The van der Waals surface area contributed by atoms with Crippen LogP contribution in [0.1, 0.15) is 32.8 Å². The van der Waals surface area contributed by atoms with Gasteiger partial charge in [0.15, 0.2) is 0 Å². The average Bonchev–Trinajstić information content (AvgIpc) is 2.28. The molecule has 0 saturated heterocycles. The first-order valence-corrected chi connectivity index (χ1v) is 5.69. The van der Waals surface area contributed by atoms with E-state index in [1.807, 2.05) is 6.92 Å². The average molecular weight is 207 g/mol. The maximum absolute atomic E-state index is 5.34. The summed E-state index contributed by atoms with van der Waals surface area (Å²) in [5.74, 6) is 0. The van der Waals surface area contributed by atoms with Gasteiger partial charge in [0.2, 0.25) is 0 Å². The number of ether oxygens (including phenoxy) is 1. The van der Waals surface area contributed by atoms with Crippen LogP contribution in [-0.4, -0.2) is 12.6 Å². The van der Waals surface area contributed by atoms with Crippen LogP contribution >= 0.6 is 0 Å². The summed E-state index contributed by atoms with van der Waals surface area (Å²) in [6, 6.07) is 8.98. The molecule has 0 radical (unpaired) electrons. The summed E-state index contributed by atoms with van der Waals surface area (Å²) in [4.78, 5) is 0. The van der Waals surface area contributed by atoms with Gasteiger partial charge >= 0.3 is 0 Å². The van der Waals surface area contributed by atoms with E-state index in [9.17, 15) is 0 Å². The van der Waals surface area contributed by atoms with E-state index < -0.39 is 0 Å². The summed E-state index contributed by atoms with van der Waals surface area (Å²) >= 11 is 0. The molecule has 0 spiro atoms. The van der Waals surface area contributed by atoms with Crippen molar-refractivity contribution in [3.63, 3.8) is 0 Å². The van der Waals surface area contributed by atoms with Gasteiger partial charge in [0.1, 0.15) is 0 Å². The highest BCUT2D eigenvalue weighted by Gasteiger charge is 1.98. The molecular weight excluding hydrogens is 186 g/mol. The van der Waals surface area contributed by atoms with Crippen molar-refractivity contribution in [2.45, 2.75) is 39.8 Å². The molecule has 0 aliphatic heterocycles. The zero-order valence-corrected chi connectivity index (χ0v) is 9.92. The van der Waals surface area contributed by atoms with Gasteiger partial charge in [-0.25, -0.2) is 0 Å². The number of hydrogen-bond acceptors (Lipinski definition) is 2. The highest BCUT2D eigenvalue weighted by atomic mass is 16.5. The Morgan fingerprint density at radius 3 is 2.40 bits per heavy atom. The van der Waals surface area contributed by atoms with Crippen LogP contribution in [-0.2, 0) is 11.3 Å². The van der Waals surface area contributed by atoms with Crippen molar-refractivity contribution < 1.29 is 4.74 Å². The van der Waals surface area contributed by atoms with E-state index in [1.54, 1.807) is 0 Å². The zero-order chi connectivity index (χ0) is 11.1. The normalized spacial score (nSPS) is 12.5. The molecule has 15 heavy (non-hydrogen) atoms. The van der Waals surface area contributed by atoms with Crippen LogP contribution in [0, 0.1) is 0 Å². The van der Waals surface area contributed by atoms with E-state index in [4.69, 9.17) is 4.74 Å². The molecule has 2 heteroatoms. The first kappa shape index (κ1) is 12.1. The lowest BCUT2D eigenvalue weighted by Crippen LogP contribution is -2.13. The Labute approximate surface area is 92.6 Å². The minimum Gasteiger partial charge on any atom is -0.383 e. The molecule has 0 saturated carbocycles. The summed E-state index contributed by atoms with van der Waals surface area (Å²) in [5, 5.41) is 3.43. The molecule has 0 aliphatic rings. The van der Waals surface area contributed by atoms with E-state index >= 15 is 0 Å². The molecule has 0 fully saturated rings. The topological polar surface area (TPSA) is 21.3 Å². The molecule has 1 N–H and O–H groups in total. The lowest BCUT2D eigenvalue weighted by atomic mass is 10.2. The largest absolute Gasteiger partial charge is 0.383 e. The van der Waals surface area contributed by atoms with Gasteiger partial charge in [0, 0.05) is 18.3 Å². The maximum Gasteiger partial charge on any atom is 0.0716 e. The number of hydrogen-bond donors (Lipinski definition) is 1. The second-order valence-electron chi connectivity index (χ2n) is 3.79. The second kappa shape index (κ2) is 6.46. The Kier molecular flexibility index (Phi) is 5.19. The minimum absolute atomic E-state index is 0.530. The molecule has 0 amide bonds. The lowest BCUT2D eigenvalue weighted by molar-refractivity contribution is 0.134. The number of rotatable bonds is 6. The molecule has 0 aromatic heterocycles. The van der Waals surface area contributed by atoms with Crippen molar-refractivity contribution in [3.8, 4) is 0 Å². The highest BCUT2D eigenvalue weighted by molar-refractivity contribution is 5.45. The van der Waals surface area contributed by atoms with Crippen LogP contribution in [0.3, 0.4) is 0 Å². The predicted molar refractivity (Wildman–Crippen MR) is 65.1 cm³/mol. The van der Waals surface area contributed by atoms with Crippen molar-refractivity contribution in [2.24, 2.45) is 0 Å². The Balaban J connectivity index is 2.48. The van der Waals surface area contributed by atoms with Gasteiger partial charge in [0.25, 0.3) is 0 Å². The zero-order valence-electron chi connectivity index (χ0n) is 9.92. The van der Waals surface area contributed by atoms with E-state index in [2.05, 4.69) is 43.4 Å². The Hall–Kier alpha value is -1.02. The lowest BCUT2D eigenvalue weighted by Gasteiger charge is -2.13. The van der Waals surface area contributed by atoms with Crippen molar-refractivity contribution in [2.75, 3.05) is 11.9 Å². The van der Waals surface area contributed by atoms with Gasteiger partial charge in [-0.1, -0.05) is 19.1 Å². The number of nitrogens with one attached hydrogen (secondary N) is 1. The molecule has 1 aromatic rings. The summed E-state index contributed by atoms with van der Waals surface area (Å²) in [5.41, 5.74) is 2.41. The van der Waals surface area contributed by atoms with E-state index in [0.29, 0.717) is 12.6 Å². The van der Waals surface area contributed by atoms with Gasteiger partial charge in [-0.15, -0.1) is 0 Å². The summed E-state index contributed by atoms with van der Waals surface area (Å²) in [6.45, 7) is 7.86. The van der Waals surface area contributed by atoms with Gasteiger partial charge < -0.3 is 10.1 Å². The van der Waals surface area contributed by atoms with Crippen molar-refractivity contribution in [3.05, 3.63) is 29.8 Å². The summed E-state index contributed by atoms with van der Waals surface area (Å²) in [6.07, 6.45) is 1.14. The summed E-state index contributed by atoms with van der Waals surface area (Å²) < 4.78 is 5.34. The molecule has 0 heterocycles. The molecule has 1 unspecified atom stereocenters. The molecule has 0 bridgehead atoms. The first-order chi connectivity index (χ1) is 7.26. The molecular formula is C13H21NO. The smallest absolute Gasteiger partial charge is 0.0716 e. The third-order valence-electron chi connectivity index (χ3n) is 2.45. The Bertz CT molecular complexity index is 268. The van der Waals surface area contributed by atoms with Crippen molar-refractivity contribution >= 4 is 5.69 Å². The maximum atomic E-state index is 5.34. The fourth-order valence-corrected chi connectivity index (χ4v) is 1.30. The molecule has 0 aliphatic carbocycles. The number of anilines is 1. The summed E-state index contributed by atoms with van der Waals surface area (Å²) in [7, 11) is 0. The van der Waals surface area contributed by atoms with E-state index in [1.165, 1.54) is 11.3 Å². The van der Waals surface area contributed by atoms with Gasteiger partial charge in [-0.3, -0.25) is 0 Å². The third kappa shape index (κ3) is 4.34. The van der Waals surface area contributed by atoms with Crippen molar-refractivity contribution in [1.29, 1.82) is 0 Å². The van der Waals surface area contributed by atoms with Crippen molar-refractivity contribution in [1.82, 2.24) is 0 Å². The van der Waals surface area contributed by atoms with Crippen LogP contribution in [0.15, 0.2) is 24.3 Å². The highest BCUT2D eigenvalue weighted by Crippen LogP contribution is 2.12. The fourth-order valence-electron chi connectivity index (χ4n) is 1.30. The molecule has 1 atom stereocenters. The van der Waals surface area contributed by atoms with Gasteiger partial charge in [-0.05, 0) is 38.0 Å². The predicted octanol–water partition coefficient (Wildman–Crippen LogP) is 3.43.